The van der Waals surface area contributed by atoms with Crippen LogP contribution in [0.3, 0.4) is 0 Å². The second kappa shape index (κ2) is 13.0. The molecule has 0 spiro atoms. The fourth-order valence-corrected chi connectivity index (χ4v) is 4.77. The van der Waals surface area contributed by atoms with Crippen molar-refractivity contribution < 1.29 is 34.1 Å². The molecule has 0 heterocycles. The highest BCUT2D eigenvalue weighted by Gasteiger charge is 2.35. The Balaban J connectivity index is 1.92. The summed E-state index contributed by atoms with van der Waals surface area (Å²) in [5.74, 6) is -3.61. The average molecular weight is 470 g/mol. The third-order valence-corrected chi connectivity index (χ3v) is 6.20. The second-order valence-corrected chi connectivity index (χ2v) is 8.75. The number of nitrogens with zero attached hydrogens (tertiary/aromatic N) is 1. The molecule has 0 radical (unpaired) electrons. The van der Waals surface area contributed by atoms with Gasteiger partial charge in [-0.15, -0.1) is 0 Å². The van der Waals surface area contributed by atoms with Crippen molar-refractivity contribution in [2.45, 2.75) is 76.0 Å². The van der Waals surface area contributed by atoms with E-state index in [1.165, 1.54) is 0 Å². The first-order valence-electron chi connectivity index (χ1n) is 11.4. The minimum absolute atomic E-state index is 0.0155. The standard InChI is InChI=1S/C21H35N5O7/c22-21(23)25-13-5-3-4-12(8-13)20(32)24-10-17(27)26-15(9-18(28)29)14-6-1-2-7-16(14)33-11-19(30)31/h12-16H,1-11H2,(H,24,32)(H,26,27)(H,28,29)(H,30,31)(H4,22,23,25). The van der Waals surface area contributed by atoms with E-state index in [9.17, 15) is 24.3 Å². The maximum Gasteiger partial charge on any atom is 0.329 e. The number of carboxylic acid groups (broad SMARTS) is 2. The minimum Gasteiger partial charge on any atom is -0.481 e. The number of ether oxygens (including phenoxy) is 1. The van der Waals surface area contributed by atoms with Gasteiger partial charge in [0.2, 0.25) is 11.8 Å². The molecule has 5 unspecified atom stereocenters. The predicted octanol–water partition coefficient (Wildman–Crippen LogP) is -0.446. The summed E-state index contributed by atoms with van der Waals surface area (Å²) in [6.45, 7) is -0.765. The van der Waals surface area contributed by atoms with Crippen molar-refractivity contribution in [3.63, 3.8) is 0 Å². The number of carboxylic acids is 2. The molecule has 2 rings (SSSR count). The molecule has 2 fully saturated rings. The first-order chi connectivity index (χ1) is 15.7. The Bertz CT molecular complexity index is 741. The van der Waals surface area contributed by atoms with Crippen LogP contribution < -0.4 is 22.1 Å². The maximum atomic E-state index is 12.5. The van der Waals surface area contributed by atoms with E-state index in [2.05, 4.69) is 15.6 Å². The SMILES string of the molecule is NC(N)=NC1CCCC(C(=O)NCC(=O)NC(CC(=O)O)C2CCCCC2OCC(=O)O)C1. The summed E-state index contributed by atoms with van der Waals surface area (Å²) in [6, 6.07) is -0.853. The van der Waals surface area contributed by atoms with Crippen LogP contribution in [0.4, 0.5) is 0 Å². The maximum absolute atomic E-state index is 12.5. The van der Waals surface area contributed by atoms with Crippen molar-refractivity contribution >= 4 is 29.7 Å². The summed E-state index contributed by atoms with van der Waals surface area (Å²) in [5, 5.41) is 23.6. The molecule has 0 aromatic heterocycles. The first kappa shape index (κ1) is 26.4. The van der Waals surface area contributed by atoms with Crippen LogP contribution in [0, 0.1) is 11.8 Å². The molecule has 0 aliphatic heterocycles. The molecule has 2 aliphatic carbocycles. The highest BCUT2D eigenvalue weighted by Crippen LogP contribution is 2.31. The number of carbonyl (C=O) groups excluding carboxylic acids is 2. The van der Waals surface area contributed by atoms with Crippen LogP contribution >= 0.6 is 0 Å². The van der Waals surface area contributed by atoms with E-state index in [1.54, 1.807) is 0 Å². The van der Waals surface area contributed by atoms with Crippen LogP contribution in [-0.2, 0) is 23.9 Å². The Morgan fingerprint density at radius 1 is 1.00 bits per heavy atom. The molecule has 5 atom stereocenters. The van der Waals surface area contributed by atoms with E-state index in [1.807, 2.05) is 0 Å². The Kier molecular flexibility index (Phi) is 10.4. The number of nitrogens with two attached hydrogens (primary N) is 2. The number of hydrogen-bond donors (Lipinski definition) is 6. The first-order valence-corrected chi connectivity index (χ1v) is 11.4. The lowest BCUT2D eigenvalue weighted by Gasteiger charge is -2.36. The van der Waals surface area contributed by atoms with E-state index in [-0.39, 0.29) is 42.7 Å². The fraction of sp³-hybridized carbons (Fsp3) is 0.762. The highest BCUT2D eigenvalue weighted by molar-refractivity contribution is 5.86. The summed E-state index contributed by atoms with van der Waals surface area (Å²) in [7, 11) is 0. The van der Waals surface area contributed by atoms with Gasteiger partial charge in [-0.05, 0) is 32.1 Å². The van der Waals surface area contributed by atoms with E-state index in [0.29, 0.717) is 25.7 Å². The van der Waals surface area contributed by atoms with Crippen LogP contribution in [0.2, 0.25) is 0 Å². The lowest BCUT2D eigenvalue weighted by molar-refractivity contribution is -0.148. The smallest absolute Gasteiger partial charge is 0.329 e. The number of aliphatic carboxylic acids is 2. The minimum atomic E-state index is -1.11. The average Bonchev–Trinajstić information content (AvgIpc) is 2.75. The number of carbonyl (C=O) groups is 4. The summed E-state index contributed by atoms with van der Waals surface area (Å²) >= 11 is 0. The highest BCUT2D eigenvalue weighted by atomic mass is 16.5. The van der Waals surface area contributed by atoms with Crippen molar-refractivity contribution in [3.8, 4) is 0 Å². The van der Waals surface area contributed by atoms with Crippen molar-refractivity contribution in [3.05, 3.63) is 0 Å². The molecular formula is C21H35N5O7. The normalized spacial score (nSPS) is 25.9. The molecular weight excluding hydrogens is 434 g/mol. The van der Waals surface area contributed by atoms with Gasteiger partial charge < -0.3 is 37.1 Å². The van der Waals surface area contributed by atoms with Gasteiger partial charge in [0.05, 0.1) is 25.1 Å². The van der Waals surface area contributed by atoms with E-state index < -0.39 is 36.6 Å². The lowest BCUT2D eigenvalue weighted by atomic mass is 9.80. The summed E-state index contributed by atoms with van der Waals surface area (Å²) < 4.78 is 5.47. The third-order valence-electron chi connectivity index (χ3n) is 6.20. The molecule has 0 aromatic carbocycles. The Hall–Kier alpha value is -2.89. The number of rotatable bonds is 11. The number of hydrogen-bond acceptors (Lipinski definition) is 6. The third kappa shape index (κ3) is 9.24. The van der Waals surface area contributed by atoms with Gasteiger partial charge in [-0.3, -0.25) is 19.4 Å². The number of aliphatic imine (C=N–C) groups is 1. The second-order valence-electron chi connectivity index (χ2n) is 8.75. The summed E-state index contributed by atoms with van der Waals surface area (Å²) in [5.41, 5.74) is 10.8. The monoisotopic (exact) mass is 469 g/mol. The van der Waals surface area contributed by atoms with Gasteiger partial charge in [-0.2, -0.15) is 0 Å². The molecule has 0 aromatic rings. The zero-order valence-corrected chi connectivity index (χ0v) is 18.7. The number of amides is 2. The molecule has 2 aliphatic rings. The van der Waals surface area contributed by atoms with Crippen LogP contribution in [0.15, 0.2) is 4.99 Å². The largest absolute Gasteiger partial charge is 0.481 e. The zero-order chi connectivity index (χ0) is 24.4. The Morgan fingerprint density at radius 3 is 2.39 bits per heavy atom. The molecule has 2 amide bonds. The zero-order valence-electron chi connectivity index (χ0n) is 18.7. The van der Waals surface area contributed by atoms with Gasteiger partial charge in [0.15, 0.2) is 5.96 Å². The van der Waals surface area contributed by atoms with Gasteiger partial charge in [0.25, 0.3) is 0 Å². The van der Waals surface area contributed by atoms with E-state index in [4.69, 9.17) is 21.3 Å². The molecule has 186 valence electrons. The van der Waals surface area contributed by atoms with Crippen LogP contribution in [0.25, 0.3) is 0 Å². The van der Waals surface area contributed by atoms with Gasteiger partial charge in [0, 0.05) is 17.9 Å². The Morgan fingerprint density at radius 2 is 1.73 bits per heavy atom. The van der Waals surface area contributed by atoms with Crippen molar-refractivity contribution in [2.24, 2.45) is 28.3 Å². The van der Waals surface area contributed by atoms with Crippen molar-refractivity contribution in [2.75, 3.05) is 13.2 Å². The van der Waals surface area contributed by atoms with Gasteiger partial charge in [-0.1, -0.05) is 19.3 Å². The summed E-state index contributed by atoms with van der Waals surface area (Å²) in [6.07, 6.45) is 4.88. The van der Waals surface area contributed by atoms with Gasteiger partial charge in [-0.25, -0.2) is 4.79 Å². The van der Waals surface area contributed by atoms with Gasteiger partial charge >= 0.3 is 11.9 Å². The van der Waals surface area contributed by atoms with E-state index >= 15 is 0 Å². The van der Waals surface area contributed by atoms with Gasteiger partial charge in [0.1, 0.15) is 6.61 Å². The number of nitrogens with one attached hydrogen (secondary N) is 2. The molecule has 12 heteroatoms. The van der Waals surface area contributed by atoms with Crippen LogP contribution in [0.5, 0.6) is 0 Å². The molecule has 12 nitrogen and oxygen atoms in total. The molecule has 33 heavy (non-hydrogen) atoms. The lowest BCUT2D eigenvalue weighted by Crippen LogP contribution is -2.50. The quantitative estimate of drug-likeness (QED) is 0.171. The molecule has 0 saturated heterocycles. The predicted molar refractivity (Wildman–Crippen MR) is 118 cm³/mol. The van der Waals surface area contributed by atoms with E-state index in [0.717, 1.165) is 25.7 Å². The molecule has 2 saturated carbocycles. The van der Waals surface area contributed by atoms with Crippen molar-refractivity contribution in [1.82, 2.24) is 10.6 Å². The van der Waals surface area contributed by atoms with Crippen LogP contribution in [0.1, 0.15) is 57.8 Å². The number of guanidine groups is 1. The fourth-order valence-electron chi connectivity index (χ4n) is 4.77. The molecule has 0 bridgehead atoms. The topological polar surface area (TPSA) is 206 Å². The Labute approximate surface area is 192 Å². The summed E-state index contributed by atoms with van der Waals surface area (Å²) in [4.78, 5) is 51.5. The molecule has 8 N–H and O–H groups in total. The van der Waals surface area contributed by atoms with Crippen molar-refractivity contribution in [1.29, 1.82) is 0 Å². The van der Waals surface area contributed by atoms with Crippen LogP contribution in [-0.4, -0.2) is 71.3 Å².